The van der Waals surface area contributed by atoms with Crippen molar-refractivity contribution in [1.29, 1.82) is 0 Å². The van der Waals surface area contributed by atoms with E-state index in [1.54, 1.807) is 30.1 Å². The van der Waals surface area contributed by atoms with Crippen molar-refractivity contribution in [3.8, 4) is 17.1 Å². The molecular weight excluding hydrogens is 586 g/mol. The van der Waals surface area contributed by atoms with Gasteiger partial charge in [-0.05, 0) is 72.6 Å². The monoisotopic (exact) mass is 627 g/mol. The van der Waals surface area contributed by atoms with Gasteiger partial charge in [-0.2, -0.15) is 4.98 Å². The fourth-order valence-electron chi connectivity index (χ4n) is 5.66. The van der Waals surface area contributed by atoms with Crippen molar-refractivity contribution in [2.45, 2.75) is 77.3 Å². The zero-order chi connectivity index (χ0) is 32.7. The number of carbonyl (C=O) groups excluding carboxylic acids is 1. The summed E-state index contributed by atoms with van der Waals surface area (Å²) in [5.41, 5.74) is 5.14. The number of amides is 1. The largest absolute Gasteiger partial charge is 0.465 e. The van der Waals surface area contributed by atoms with E-state index in [1.807, 2.05) is 50.4 Å². The number of aryl methyl sites for hydroxylation is 2. The number of nitrogens with one attached hydrogen (secondary N) is 1. The first-order valence-electron chi connectivity index (χ1n) is 15.1. The fourth-order valence-corrected chi connectivity index (χ4v) is 6.65. The van der Waals surface area contributed by atoms with Gasteiger partial charge in [0, 0.05) is 30.4 Å². The zero-order valence-corrected chi connectivity index (χ0v) is 27.9. The Labute approximate surface area is 266 Å². The number of hydrogen-bond acceptors (Lipinski definition) is 7. The Morgan fingerprint density at radius 2 is 1.67 bits per heavy atom. The summed E-state index contributed by atoms with van der Waals surface area (Å²) in [5.74, 6) is -0.108. The molecule has 0 saturated carbocycles. The zero-order valence-electron chi connectivity index (χ0n) is 27.1. The van der Waals surface area contributed by atoms with Crippen LogP contribution in [0.3, 0.4) is 0 Å². The first-order chi connectivity index (χ1) is 21.1. The number of benzene rings is 2. The lowest BCUT2D eigenvalue weighted by molar-refractivity contribution is 0.0434. The molecule has 5 rings (SSSR count). The van der Waals surface area contributed by atoms with E-state index in [0.717, 1.165) is 22.3 Å². The highest BCUT2D eigenvalue weighted by Gasteiger charge is 2.35. The summed E-state index contributed by atoms with van der Waals surface area (Å²) in [6.07, 6.45) is 1.71. The second-order valence-corrected chi connectivity index (χ2v) is 14.9. The molecule has 9 nitrogen and oxygen atoms in total. The lowest BCUT2D eigenvalue weighted by atomic mass is 9.87. The van der Waals surface area contributed by atoms with Gasteiger partial charge in [0.1, 0.15) is 0 Å². The summed E-state index contributed by atoms with van der Waals surface area (Å²) in [4.78, 5) is 29.6. The van der Waals surface area contributed by atoms with Gasteiger partial charge in [0.25, 0.3) is 15.9 Å². The Kier molecular flexibility index (Phi) is 8.72. The van der Waals surface area contributed by atoms with E-state index in [1.165, 1.54) is 12.1 Å². The minimum absolute atomic E-state index is 0.0686. The van der Waals surface area contributed by atoms with Crippen molar-refractivity contribution in [2.24, 2.45) is 5.92 Å². The van der Waals surface area contributed by atoms with Crippen LogP contribution in [0.5, 0.6) is 5.88 Å². The number of pyridine rings is 1. The maximum absolute atomic E-state index is 14.0. The molecule has 0 spiro atoms. The number of anilines is 1. The first kappa shape index (κ1) is 32.1. The lowest BCUT2D eigenvalue weighted by Gasteiger charge is -2.35. The molecule has 45 heavy (non-hydrogen) atoms. The first-order valence-corrected chi connectivity index (χ1v) is 16.6. The van der Waals surface area contributed by atoms with Crippen molar-refractivity contribution in [3.63, 3.8) is 0 Å². The third-order valence-electron chi connectivity index (χ3n) is 8.13. The molecule has 1 N–H and O–H groups in total. The van der Waals surface area contributed by atoms with Crippen molar-refractivity contribution >= 4 is 21.9 Å². The van der Waals surface area contributed by atoms with Crippen molar-refractivity contribution < 1.29 is 17.9 Å². The van der Waals surface area contributed by atoms with E-state index in [9.17, 15) is 13.2 Å². The minimum Gasteiger partial charge on any atom is -0.465 e. The molecule has 3 heterocycles. The standard InChI is InChI=1S/C35H41N5O4S/c1-21(2)17-29-32(27-16-15-25(20-36-27)35(5,6)7)44-30-19-28(31-22(3)11-9-12-23(31)4)37-34(38-30)39-45(42,43)26-14-10-13-24(18-26)33(41)40(29)8/h9-16,18-21,29,32H,17H2,1-8H3,(H,37,38,39)/t29-,32-/m1/s1. The third kappa shape index (κ3) is 6.86. The highest BCUT2D eigenvalue weighted by atomic mass is 32.2. The van der Waals surface area contributed by atoms with E-state index >= 15 is 0 Å². The van der Waals surface area contributed by atoms with Gasteiger partial charge < -0.3 is 9.64 Å². The molecule has 1 aliphatic rings. The van der Waals surface area contributed by atoms with Gasteiger partial charge in [-0.15, -0.1) is 0 Å². The van der Waals surface area contributed by atoms with Crippen LogP contribution < -0.4 is 9.46 Å². The fraction of sp³-hybridized carbons (Fsp3) is 0.371. The highest BCUT2D eigenvalue weighted by Crippen LogP contribution is 2.35. The quantitative estimate of drug-likeness (QED) is 0.263. The summed E-state index contributed by atoms with van der Waals surface area (Å²) in [5, 5.41) is 0. The maximum atomic E-state index is 14.0. The van der Waals surface area contributed by atoms with E-state index < -0.39 is 22.2 Å². The predicted octanol–water partition coefficient (Wildman–Crippen LogP) is 6.87. The van der Waals surface area contributed by atoms with Crippen LogP contribution in [0, 0.1) is 19.8 Å². The Morgan fingerprint density at radius 3 is 2.29 bits per heavy atom. The summed E-state index contributed by atoms with van der Waals surface area (Å²) in [6, 6.07) is 17.1. The summed E-state index contributed by atoms with van der Waals surface area (Å²) in [7, 11) is -2.43. The van der Waals surface area contributed by atoms with Gasteiger partial charge >= 0.3 is 0 Å². The minimum atomic E-state index is -4.15. The molecule has 236 valence electrons. The predicted molar refractivity (Wildman–Crippen MR) is 176 cm³/mol. The van der Waals surface area contributed by atoms with E-state index in [4.69, 9.17) is 9.72 Å². The Balaban J connectivity index is 1.77. The highest BCUT2D eigenvalue weighted by molar-refractivity contribution is 7.92. The van der Waals surface area contributed by atoms with Crippen LogP contribution in [0.2, 0.25) is 0 Å². The molecule has 2 aromatic carbocycles. The molecule has 1 amide bonds. The molecule has 2 atom stereocenters. The number of nitrogens with zero attached hydrogens (tertiary/aromatic N) is 4. The van der Waals surface area contributed by atoms with Crippen molar-refractivity contribution in [1.82, 2.24) is 19.9 Å². The van der Waals surface area contributed by atoms with Crippen LogP contribution >= 0.6 is 0 Å². The smallest absolute Gasteiger partial charge is 0.264 e. The van der Waals surface area contributed by atoms with Gasteiger partial charge in [-0.3, -0.25) is 9.78 Å². The van der Waals surface area contributed by atoms with Crippen LogP contribution in [0.4, 0.5) is 5.95 Å². The SMILES string of the molecule is Cc1cccc(C)c1-c1cc2nc(n1)NS(=O)(=O)c1cccc(c1)C(=O)N(C)[C@H](CC(C)C)[C@@H](c1ccc(C(C)(C)C)cn1)O2. The second kappa shape index (κ2) is 12.2. The number of hydrogen-bond donors (Lipinski definition) is 1. The Bertz CT molecular complexity index is 1810. The van der Waals surface area contributed by atoms with Crippen molar-refractivity contribution in [3.05, 3.63) is 94.8 Å². The second-order valence-electron chi connectivity index (χ2n) is 13.2. The van der Waals surface area contributed by atoms with Gasteiger partial charge in [-0.25, -0.2) is 18.1 Å². The van der Waals surface area contributed by atoms with Gasteiger partial charge in [0.15, 0.2) is 6.10 Å². The van der Waals surface area contributed by atoms with E-state index in [-0.39, 0.29) is 39.5 Å². The number of sulfonamides is 1. The molecular formula is C35H41N5O4S. The third-order valence-corrected chi connectivity index (χ3v) is 9.45. The molecule has 4 bridgehead atoms. The number of fused-ring (bicyclic) bond motifs is 4. The number of rotatable bonds is 4. The van der Waals surface area contributed by atoms with Gasteiger partial charge in [0.2, 0.25) is 11.8 Å². The maximum Gasteiger partial charge on any atom is 0.264 e. The van der Waals surface area contributed by atoms with Crippen LogP contribution in [0.15, 0.2) is 71.8 Å². The number of aromatic nitrogens is 3. The van der Waals surface area contributed by atoms with Crippen molar-refractivity contribution in [2.75, 3.05) is 11.8 Å². The Hall–Kier alpha value is -4.31. The van der Waals surface area contributed by atoms with E-state index in [2.05, 4.69) is 49.3 Å². The topological polar surface area (TPSA) is 114 Å². The summed E-state index contributed by atoms with van der Waals surface area (Å²) < 4.78 is 36.4. The normalized spacial score (nSPS) is 18.3. The molecule has 0 radical (unpaired) electrons. The summed E-state index contributed by atoms with van der Waals surface area (Å²) in [6.45, 7) is 14.5. The number of ether oxygens (including phenoxy) is 1. The number of likely N-dealkylation sites (N-methyl/N-ethyl adjacent to an activating group) is 1. The molecule has 2 aromatic heterocycles. The molecule has 10 heteroatoms. The lowest BCUT2D eigenvalue weighted by Crippen LogP contribution is -2.44. The molecule has 0 aliphatic carbocycles. The summed E-state index contributed by atoms with van der Waals surface area (Å²) >= 11 is 0. The Morgan fingerprint density at radius 1 is 0.978 bits per heavy atom. The van der Waals surface area contributed by atoms with Crippen LogP contribution in [0.1, 0.15) is 79.9 Å². The van der Waals surface area contributed by atoms with E-state index in [0.29, 0.717) is 17.8 Å². The average Bonchev–Trinajstić information content (AvgIpc) is 2.97. The van der Waals surface area contributed by atoms with Crippen LogP contribution in [-0.4, -0.2) is 47.3 Å². The average molecular weight is 628 g/mol. The molecule has 4 aromatic rings. The molecule has 0 unspecified atom stereocenters. The molecule has 0 saturated heterocycles. The van der Waals surface area contributed by atoms with Crippen LogP contribution in [-0.2, 0) is 15.4 Å². The van der Waals surface area contributed by atoms with Gasteiger partial charge in [0.05, 0.1) is 22.3 Å². The molecule has 0 fully saturated rings. The molecule has 1 aliphatic heterocycles. The van der Waals surface area contributed by atoms with Gasteiger partial charge in [-0.1, -0.05) is 65.0 Å². The number of carbonyl (C=O) groups is 1. The van der Waals surface area contributed by atoms with Crippen LogP contribution in [0.25, 0.3) is 11.3 Å².